The van der Waals surface area contributed by atoms with Crippen molar-refractivity contribution in [1.82, 2.24) is 0 Å². The van der Waals surface area contributed by atoms with Crippen molar-refractivity contribution in [3.05, 3.63) is 0 Å². The van der Waals surface area contributed by atoms with Crippen LogP contribution >= 0.6 is 36.4 Å². The van der Waals surface area contributed by atoms with E-state index in [1.165, 1.54) is 0 Å². The predicted molar refractivity (Wildman–Crippen MR) is 53.2 cm³/mol. The molecule has 10 heteroatoms. The highest BCUT2D eigenvalue weighted by atomic mass is 35.7. The van der Waals surface area contributed by atoms with Crippen molar-refractivity contribution >= 4 is 36.4 Å². The summed E-state index contributed by atoms with van der Waals surface area (Å²) in [5, 5.41) is 0. The lowest BCUT2D eigenvalue weighted by Crippen LogP contribution is -2.44. The summed E-state index contributed by atoms with van der Waals surface area (Å²) in [4.78, 5) is 0. The van der Waals surface area contributed by atoms with Gasteiger partial charge in [-0.15, -0.1) is 0 Å². The molecule has 2 rings (SSSR count). The fraction of sp³-hybridized carbons (Fsp3) is 1.00. The third-order valence-corrected chi connectivity index (χ3v) is 5.02. The molecule has 2 aliphatic rings. The topological polar surface area (TPSA) is 71.1 Å². The molecule has 0 aromatic rings. The zero-order valence-electron chi connectivity index (χ0n) is 7.43. The van der Waals surface area contributed by atoms with E-state index in [1.807, 2.05) is 0 Å². The van der Waals surface area contributed by atoms with Gasteiger partial charge in [-0.25, -0.2) is 9.13 Å². The molecular formula is C5H8Cl2O6P2. The lowest BCUT2D eigenvalue weighted by atomic mass is 9.93. The zero-order chi connectivity index (χ0) is 11.2. The molecule has 15 heavy (non-hydrogen) atoms. The van der Waals surface area contributed by atoms with Crippen LogP contribution in [0.5, 0.6) is 0 Å². The maximum absolute atomic E-state index is 11.1. The Labute approximate surface area is 95.8 Å². The van der Waals surface area contributed by atoms with Crippen LogP contribution in [0.1, 0.15) is 0 Å². The molecule has 88 valence electrons. The molecule has 0 N–H and O–H groups in total. The second kappa shape index (κ2) is 3.97. The van der Waals surface area contributed by atoms with Gasteiger partial charge in [0.2, 0.25) is 0 Å². The monoisotopic (exact) mass is 296 g/mol. The maximum Gasteiger partial charge on any atom is 0.424 e. The van der Waals surface area contributed by atoms with Gasteiger partial charge in [0, 0.05) is 22.5 Å². The lowest BCUT2D eigenvalue weighted by molar-refractivity contribution is -0.0621. The SMILES string of the molecule is O=P1(Cl)OCC2(CO1)COP(=O)(Cl)OC2. The van der Waals surface area contributed by atoms with E-state index in [4.69, 9.17) is 40.6 Å². The highest BCUT2D eigenvalue weighted by Gasteiger charge is 2.47. The van der Waals surface area contributed by atoms with Crippen LogP contribution in [0.4, 0.5) is 0 Å². The van der Waals surface area contributed by atoms with Crippen molar-refractivity contribution in [2.24, 2.45) is 5.41 Å². The van der Waals surface area contributed by atoms with Crippen LogP contribution in [0, 0.1) is 5.41 Å². The molecule has 0 aliphatic carbocycles. The van der Waals surface area contributed by atoms with Crippen LogP contribution in [-0.2, 0) is 27.2 Å². The van der Waals surface area contributed by atoms with Gasteiger partial charge in [-0.1, -0.05) is 0 Å². The third kappa shape index (κ3) is 2.96. The van der Waals surface area contributed by atoms with Crippen LogP contribution < -0.4 is 0 Å². The van der Waals surface area contributed by atoms with Crippen molar-refractivity contribution in [3.63, 3.8) is 0 Å². The van der Waals surface area contributed by atoms with Crippen LogP contribution in [0.25, 0.3) is 0 Å². The molecule has 2 saturated heterocycles. The Morgan fingerprint density at radius 2 is 1.07 bits per heavy atom. The summed E-state index contributed by atoms with van der Waals surface area (Å²) in [6.07, 6.45) is 0. The Balaban J connectivity index is 2.01. The van der Waals surface area contributed by atoms with Gasteiger partial charge in [-0.05, 0) is 0 Å². The van der Waals surface area contributed by atoms with Gasteiger partial charge >= 0.3 is 13.9 Å². The fourth-order valence-electron chi connectivity index (χ4n) is 1.18. The maximum atomic E-state index is 11.1. The van der Waals surface area contributed by atoms with Gasteiger partial charge in [0.25, 0.3) is 0 Å². The van der Waals surface area contributed by atoms with Crippen LogP contribution in [0.2, 0.25) is 0 Å². The summed E-state index contributed by atoms with van der Waals surface area (Å²) in [5.74, 6) is 0. The van der Waals surface area contributed by atoms with E-state index in [-0.39, 0.29) is 26.4 Å². The predicted octanol–water partition coefficient (Wildman–Crippen LogP) is 2.76. The molecule has 0 radical (unpaired) electrons. The van der Waals surface area contributed by atoms with Crippen molar-refractivity contribution in [2.75, 3.05) is 26.4 Å². The molecule has 0 atom stereocenters. The van der Waals surface area contributed by atoms with Crippen molar-refractivity contribution in [3.8, 4) is 0 Å². The summed E-state index contributed by atoms with van der Waals surface area (Å²) in [5.41, 5.74) is -0.633. The first-order valence-corrected chi connectivity index (χ1v) is 8.90. The van der Waals surface area contributed by atoms with Crippen molar-refractivity contribution in [2.45, 2.75) is 0 Å². The van der Waals surface area contributed by atoms with Gasteiger partial charge in [0.05, 0.1) is 31.8 Å². The quantitative estimate of drug-likeness (QED) is 0.640. The first kappa shape index (κ1) is 12.3. The van der Waals surface area contributed by atoms with Crippen molar-refractivity contribution < 1.29 is 27.2 Å². The van der Waals surface area contributed by atoms with E-state index in [1.54, 1.807) is 0 Å². The van der Waals surface area contributed by atoms with Gasteiger partial charge < -0.3 is 0 Å². The molecule has 1 spiro atoms. The summed E-state index contributed by atoms with van der Waals surface area (Å²) in [6, 6.07) is 0. The van der Waals surface area contributed by atoms with E-state index in [0.717, 1.165) is 0 Å². The lowest BCUT2D eigenvalue weighted by Gasteiger charge is -2.40. The minimum atomic E-state index is -3.45. The van der Waals surface area contributed by atoms with Gasteiger partial charge in [-0.2, -0.15) is 0 Å². The summed E-state index contributed by atoms with van der Waals surface area (Å²) >= 11 is 10.8. The van der Waals surface area contributed by atoms with Gasteiger partial charge in [-0.3, -0.25) is 18.1 Å². The Morgan fingerprint density at radius 3 is 1.33 bits per heavy atom. The molecule has 0 bridgehead atoms. The second-order valence-electron chi connectivity index (χ2n) is 3.46. The molecule has 2 heterocycles. The molecule has 2 fully saturated rings. The van der Waals surface area contributed by atoms with E-state index < -0.39 is 19.3 Å². The molecule has 0 unspecified atom stereocenters. The summed E-state index contributed by atoms with van der Waals surface area (Å²) < 4.78 is 41.6. The molecule has 0 amide bonds. The molecule has 6 nitrogen and oxygen atoms in total. The summed E-state index contributed by atoms with van der Waals surface area (Å²) in [7, 11) is 0. The minimum absolute atomic E-state index is 0.0602. The molecule has 0 aromatic heterocycles. The average Bonchev–Trinajstić information content (AvgIpc) is 2.15. The Bertz CT molecular complexity index is 298. The smallest absolute Gasteiger partial charge is 0.296 e. The van der Waals surface area contributed by atoms with E-state index in [0.29, 0.717) is 0 Å². The number of halogens is 2. The molecule has 2 aliphatic heterocycles. The van der Waals surface area contributed by atoms with Crippen LogP contribution in [-0.4, -0.2) is 26.4 Å². The average molecular weight is 297 g/mol. The minimum Gasteiger partial charge on any atom is -0.296 e. The number of hydrogen-bond acceptors (Lipinski definition) is 6. The normalized spacial score (nSPS) is 51.9. The van der Waals surface area contributed by atoms with E-state index in [2.05, 4.69) is 0 Å². The van der Waals surface area contributed by atoms with Crippen LogP contribution in [0.15, 0.2) is 0 Å². The Kier molecular flexibility index (Phi) is 3.26. The molecule has 0 saturated carbocycles. The highest BCUT2D eigenvalue weighted by molar-refractivity contribution is 7.81. The number of rotatable bonds is 0. The highest BCUT2D eigenvalue weighted by Crippen LogP contribution is 2.62. The zero-order valence-corrected chi connectivity index (χ0v) is 10.7. The van der Waals surface area contributed by atoms with E-state index >= 15 is 0 Å². The first-order valence-electron chi connectivity index (χ1n) is 4.00. The Hall–Kier alpha value is 0.880. The van der Waals surface area contributed by atoms with Gasteiger partial charge in [0.15, 0.2) is 0 Å². The van der Waals surface area contributed by atoms with Crippen molar-refractivity contribution in [1.29, 1.82) is 0 Å². The van der Waals surface area contributed by atoms with Gasteiger partial charge in [0.1, 0.15) is 0 Å². The Morgan fingerprint density at radius 1 is 0.800 bits per heavy atom. The number of hydrogen-bond donors (Lipinski definition) is 0. The summed E-state index contributed by atoms with van der Waals surface area (Å²) in [6.45, 7) is -6.66. The van der Waals surface area contributed by atoms with Crippen LogP contribution in [0.3, 0.4) is 0 Å². The molecular weight excluding hydrogens is 289 g/mol. The second-order valence-corrected chi connectivity index (χ2v) is 8.69. The molecule has 0 aromatic carbocycles. The standard InChI is InChI=1S/C5H8Cl2O6P2/c6-14(8)10-1-5(2-11-14)3-12-15(7,9)13-4-5/h1-4H2. The fourth-order valence-corrected chi connectivity index (χ4v) is 3.63. The first-order chi connectivity index (χ1) is 6.83. The largest absolute Gasteiger partial charge is 0.424 e. The third-order valence-electron chi connectivity index (χ3n) is 2.10. The van der Waals surface area contributed by atoms with E-state index in [9.17, 15) is 9.13 Å².